The second-order valence-electron chi connectivity index (χ2n) is 7.69. The van der Waals surface area contributed by atoms with Gasteiger partial charge in [0.2, 0.25) is 0 Å². The molecule has 1 amide bonds. The highest BCUT2D eigenvalue weighted by atomic mass is 16.1. The van der Waals surface area contributed by atoms with Crippen LogP contribution in [0.5, 0.6) is 0 Å². The number of carbonyl (C=O) groups is 2. The summed E-state index contributed by atoms with van der Waals surface area (Å²) in [7, 11) is 0. The lowest BCUT2D eigenvalue weighted by molar-refractivity contribution is 0.0910. The van der Waals surface area contributed by atoms with Gasteiger partial charge in [0, 0.05) is 12.1 Å². The van der Waals surface area contributed by atoms with Gasteiger partial charge < -0.3 is 5.32 Å². The number of para-hydroxylation sites is 2. The molecule has 5 nitrogen and oxygen atoms in total. The number of Topliss-reactive ketones (excluding diaryl/α,β-unsaturated/α-hetero) is 1. The Morgan fingerprint density at radius 2 is 1.74 bits per heavy atom. The molecule has 1 heterocycles. The van der Waals surface area contributed by atoms with E-state index in [9.17, 15) is 9.59 Å². The van der Waals surface area contributed by atoms with Crippen molar-refractivity contribution in [3.8, 4) is 5.69 Å². The van der Waals surface area contributed by atoms with E-state index in [1.165, 1.54) is 0 Å². The summed E-state index contributed by atoms with van der Waals surface area (Å²) < 4.78 is 1.74. The van der Waals surface area contributed by atoms with Crippen LogP contribution in [0.2, 0.25) is 0 Å². The molecular weight excluding hydrogens is 338 g/mol. The minimum absolute atomic E-state index is 0.110. The van der Waals surface area contributed by atoms with Crippen LogP contribution < -0.4 is 5.32 Å². The molecule has 0 radical (unpaired) electrons. The third-order valence-corrected chi connectivity index (χ3v) is 4.86. The fraction of sp³-hybridized carbons (Fsp3) is 0.227. The maximum atomic E-state index is 12.9. The molecule has 0 atom stereocenters. The van der Waals surface area contributed by atoms with E-state index in [2.05, 4.69) is 24.3 Å². The van der Waals surface area contributed by atoms with E-state index in [-0.39, 0.29) is 17.1 Å². The number of carbonyl (C=O) groups excluding carboxylic acids is 2. The molecule has 136 valence electrons. The van der Waals surface area contributed by atoms with Gasteiger partial charge in [-0.3, -0.25) is 9.59 Å². The summed E-state index contributed by atoms with van der Waals surface area (Å²) in [5.74, 6) is -0.0961. The van der Waals surface area contributed by atoms with Crippen LogP contribution in [-0.4, -0.2) is 21.5 Å². The van der Waals surface area contributed by atoms with Gasteiger partial charge >= 0.3 is 0 Å². The summed E-state index contributed by atoms with van der Waals surface area (Å²) in [6.45, 7) is 4.17. The first-order chi connectivity index (χ1) is 12.9. The topological polar surface area (TPSA) is 64.0 Å². The molecule has 0 unspecified atom stereocenters. The van der Waals surface area contributed by atoms with Crippen LogP contribution in [0.15, 0.2) is 60.8 Å². The zero-order chi connectivity index (χ0) is 19.0. The van der Waals surface area contributed by atoms with Crippen molar-refractivity contribution in [2.75, 3.05) is 5.32 Å². The van der Waals surface area contributed by atoms with Gasteiger partial charge in [0.1, 0.15) is 0 Å². The molecule has 4 rings (SSSR count). The number of hydrogen-bond donors (Lipinski definition) is 1. The van der Waals surface area contributed by atoms with Gasteiger partial charge in [0.25, 0.3) is 5.91 Å². The predicted octanol–water partition coefficient (Wildman–Crippen LogP) is 4.28. The molecule has 1 N–H and O–H groups in total. The van der Waals surface area contributed by atoms with E-state index >= 15 is 0 Å². The number of aromatic nitrogens is 2. The van der Waals surface area contributed by atoms with E-state index in [1.807, 2.05) is 48.5 Å². The van der Waals surface area contributed by atoms with Crippen LogP contribution in [0.25, 0.3) is 5.69 Å². The molecule has 0 fully saturated rings. The third-order valence-electron chi connectivity index (χ3n) is 4.86. The number of hydrogen-bond acceptors (Lipinski definition) is 3. The van der Waals surface area contributed by atoms with Gasteiger partial charge in [-0.25, -0.2) is 4.68 Å². The van der Waals surface area contributed by atoms with Crippen LogP contribution in [0.3, 0.4) is 0 Å². The summed E-state index contributed by atoms with van der Waals surface area (Å²) in [5.41, 5.74) is 3.34. The van der Waals surface area contributed by atoms with Crippen molar-refractivity contribution < 1.29 is 9.59 Å². The molecule has 0 saturated carbocycles. The molecule has 3 aromatic rings. The Kier molecular flexibility index (Phi) is 4.15. The first kappa shape index (κ1) is 17.2. The average Bonchev–Trinajstić information content (AvgIpc) is 3.05. The van der Waals surface area contributed by atoms with Crippen molar-refractivity contribution in [3.05, 3.63) is 77.6 Å². The molecule has 0 aliphatic heterocycles. The SMILES string of the molecule is CC1(C)CC(=O)c2cnn(-c3ccccc3C(=O)Nc3ccccc3)c2C1. The van der Waals surface area contributed by atoms with Gasteiger partial charge in [-0.05, 0) is 36.1 Å². The Morgan fingerprint density at radius 1 is 1.04 bits per heavy atom. The molecule has 0 bridgehead atoms. The fourth-order valence-electron chi connectivity index (χ4n) is 3.60. The molecule has 5 heteroatoms. The zero-order valence-corrected chi connectivity index (χ0v) is 15.4. The van der Waals surface area contributed by atoms with Crippen molar-refractivity contribution >= 4 is 17.4 Å². The van der Waals surface area contributed by atoms with E-state index in [1.54, 1.807) is 16.9 Å². The summed E-state index contributed by atoms with van der Waals surface area (Å²) in [4.78, 5) is 25.3. The number of benzene rings is 2. The number of nitrogens with zero attached hydrogens (tertiary/aromatic N) is 2. The Morgan fingerprint density at radius 3 is 2.52 bits per heavy atom. The fourth-order valence-corrected chi connectivity index (χ4v) is 3.60. The summed E-state index contributed by atoms with van der Waals surface area (Å²) in [5, 5.41) is 7.37. The minimum atomic E-state index is -0.206. The molecule has 27 heavy (non-hydrogen) atoms. The molecule has 2 aromatic carbocycles. The zero-order valence-electron chi connectivity index (χ0n) is 15.4. The highest BCUT2D eigenvalue weighted by Gasteiger charge is 2.34. The lowest BCUT2D eigenvalue weighted by atomic mass is 9.76. The predicted molar refractivity (Wildman–Crippen MR) is 104 cm³/mol. The van der Waals surface area contributed by atoms with E-state index < -0.39 is 0 Å². The number of rotatable bonds is 3. The molecule has 1 aliphatic carbocycles. The maximum absolute atomic E-state index is 12.9. The normalized spacial score (nSPS) is 15.3. The monoisotopic (exact) mass is 359 g/mol. The van der Waals surface area contributed by atoms with E-state index in [0.29, 0.717) is 23.2 Å². The van der Waals surface area contributed by atoms with Crippen LogP contribution in [0, 0.1) is 5.41 Å². The highest BCUT2D eigenvalue weighted by Crippen LogP contribution is 2.35. The quantitative estimate of drug-likeness (QED) is 0.759. The van der Waals surface area contributed by atoms with Crippen molar-refractivity contribution in [2.45, 2.75) is 26.7 Å². The average molecular weight is 359 g/mol. The third kappa shape index (κ3) is 3.28. The Bertz CT molecular complexity index is 1020. The molecule has 1 aliphatic rings. The lowest BCUT2D eigenvalue weighted by Crippen LogP contribution is -2.28. The Balaban J connectivity index is 1.75. The molecule has 1 aromatic heterocycles. The van der Waals surface area contributed by atoms with Crippen molar-refractivity contribution in [1.82, 2.24) is 9.78 Å². The Hall–Kier alpha value is -3.21. The first-order valence-corrected chi connectivity index (χ1v) is 9.00. The van der Waals surface area contributed by atoms with E-state index in [4.69, 9.17) is 0 Å². The smallest absolute Gasteiger partial charge is 0.257 e. The van der Waals surface area contributed by atoms with Crippen LogP contribution in [-0.2, 0) is 6.42 Å². The van der Waals surface area contributed by atoms with Gasteiger partial charge in [-0.2, -0.15) is 5.10 Å². The standard InChI is InChI=1S/C22H21N3O2/c1-22(2)12-19-17(20(26)13-22)14-23-25(19)18-11-7-6-10-16(18)21(27)24-15-8-4-3-5-9-15/h3-11,14H,12-13H2,1-2H3,(H,24,27). The summed E-state index contributed by atoms with van der Waals surface area (Å²) >= 11 is 0. The number of anilines is 1. The van der Waals surface area contributed by atoms with Crippen molar-refractivity contribution in [3.63, 3.8) is 0 Å². The molecular formula is C22H21N3O2. The van der Waals surface area contributed by atoms with Crippen molar-refractivity contribution in [1.29, 1.82) is 0 Å². The van der Waals surface area contributed by atoms with Crippen molar-refractivity contribution in [2.24, 2.45) is 5.41 Å². The van der Waals surface area contributed by atoms with Crippen LogP contribution in [0.1, 0.15) is 46.7 Å². The second kappa shape index (κ2) is 6.50. The lowest BCUT2D eigenvalue weighted by Gasteiger charge is -2.29. The number of ketones is 1. The number of fused-ring (bicyclic) bond motifs is 1. The van der Waals surface area contributed by atoms with Gasteiger partial charge in [0.15, 0.2) is 5.78 Å². The van der Waals surface area contributed by atoms with Gasteiger partial charge in [-0.1, -0.05) is 44.2 Å². The number of nitrogens with one attached hydrogen (secondary N) is 1. The van der Waals surface area contributed by atoms with E-state index in [0.717, 1.165) is 17.8 Å². The second-order valence-corrected chi connectivity index (χ2v) is 7.69. The van der Waals surface area contributed by atoms with Crippen LogP contribution >= 0.6 is 0 Å². The maximum Gasteiger partial charge on any atom is 0.257 e. The Labute approximate surface area is 158 Å². The molecule has 0 spiro atoms. The molecule has 0 saturated heterocycles. The largest absolute Gasteiger partial charge is 0.322 e. The van der Waals surface area contributed by atoms with Gasteiger partial charge in [0.05, 0.1) is 28.7 Å². The first-order valence-electron chi connectivity index (χ1n) is 9.00. The van der Waals surface area contributed by atoms with Crippen LogP contribution in [0.4, 0.5) is 5.69 Å². The number of amides is 1. The summed E-state index contributed by atoms with van der Waals surface area (Å²) in [6, 6.07) is 16.7. The summed E-state index contributed by atoms with van der Waals surface area (Å²) in [6.07, 6.45) is 2.88. The highest BCUT2D eigenvalue weighted by molar-refractivity contribution is 6.07. The minimum Gasteiger partial charge on any atom is -0.322 e. The van der Waals surface area contributed by atoms with Gasteiger partial charge in [-0.15, -0.1) is 0 Å².